The van der Waals surface area contributed by atoms with Crippen molar-refractivity contribution in [3.8, 4) is 0 Å². The molecule has 2 fully saturated rings. The average molecular weight is 345 g/mol. The van der Waals surface area contributed by atoms with Gasteiger partial charge in [-0.2, -0.15) is 0 Å². The predicted octanol–water partition coefficient (Wildman–Crippen LogP) is 4.67. The SMILES string of the molecule is OC(c1cc(Br)cs1)C1CCOC2(CCCCC2)C1. The largest absolute Gasteiger partial charge is 0.387 e. The van der Waals surface area contributed by atoms with Crippen molar-refractivity contribution in [1.29, 1.82) is 0 Å². The van der Waals surface area contributed by atoms with Crippen LogP contribution in [0.3, 0.4) is 0 Å². The minimum Gasteiger partial charge on any atom is -0.387 e. The maximum atomic E-state index is 10.6. The number of halogens is 1. The van der Waals surface area contributed by atoms with E-state index in [2.05, 4.69) is 22.0 Å². The molecule has 2 atom stereocenters. The molecular weight excluding hydrogens is 324 g/mol. The Labute approximate surface area is 127 Å². The molecule has 2 aliphatic rings. The third-order valence-corrected chi connectivity index (χ3v) is 6.39. The third kappa shape index (κ3) is 3.07. The summed E-state index contributed by atoms with van der Waals surface area (Å²) in [6, 6.07) is 2.05. The highest BCUT2D eigenvalue weighted by Gasteiger charge is 2.40. The van der Waals surface area contributed by atoms with Crippen LogP contribution >= 0.6 is 27.3 Å². The summed E-state index contributed by atoms with van der Waals surface area (Å²) in [5, 5.41) is 12.7. The Balaban J connectivity index is 1.70. The fourth-order valence-electron chi connectivity index (χ4n) is 3.60. The van der Waals surface area contributed by atoms with Crippen molar-refractivity contribution in [1.82, 2.24) is 0 Å². The zero-order chi connectivity index (χ0) is 13.3. The number of rotatable bonds is 2. The second kappa shape index (κ2) is 5.84. The summed E-state index contributed by atoms with van der Waals surface area (Å²) < 4.78 is 7.19. The summed E-state index contributed by atoms with van der Waals surface area (Å²) in [5.41, 5.74) is 0.0800. The van der Waals surface area contributed by atoms with E-state index >= 15 is 0 Å². The van der Waals surface area contributed by atoms with Crippen LogP contribution in [0.4, 0.5) is 0 Å². The van der Waals surface area contributed by atoms with Gasteiger partial charge in [0.2, 0.25) is 0 Å². The van der Waals surface area contributed by atoms with Gasteiger partial charge in [-0.3, -0.25) is 0 Å². The van der Waals surface area contributed by atoms with Crippen LogP contribution in [-0.4, -0.2) is 17.3 Å². The Morgan fingerprint density at radius 3 is 2.84 bits per heavy atom. The second-order valence-corrected chi connectivity index (χ2v) is 7.82. The van der Waals surface area contributed by atoms with Crippen molar-refractivity contribution in [3.63, 3.8) is 0 Å². The van der Waals surface area contributed by atoms with Gasteiger partial charge in [0.1, 0.15) is 0 Å². The van der Waals surface area contributed by atoms with E-state index in [1.807, 2.05) is 5.38 Å². The Kier molecular flexibility index (Phi) is 4.32. The van der Waals surface area contributed by atoms with Crippen LogP contribution in [0.2, 0.25) is 0 Å². The summed E-state index contributed by atoms with van der Waals surface area (Å²) >= 11 is 5.12. The molecule has 1 aromatic heterocycles. The lowest BCUT2D eigenvalue weighted by atomic mass is 9.74. The van der Waals surface area contributed by atoms with Gasteiger partial charge in [0.25, 0.3) is 0 Å². The fraction of sp³-hybridized carbons (Fsp3) is 0.733. The molecule has 2 unspecified atom stereocenters. The zero-order valence-electron chi connectivity index (χ0n) is 11.1. The maximum absolute atomic E-state index is 10.6. The molecule has 1 aliphatic heterocycles. The lowest BCUT2D eigenvalue weighted by Gasteiger charge is -2.44. The molecule has 1 aromatic rings. The lowest BCUT2D eigenvalue weighted by molar-refractivity contribution is -0.133. The first-order valence-corrected chi connectivity index (χ1v) is 8.92. The summed E-state index contributed by atoms with van der Waals surface area (Å²) in [4.78, 5) is 1.09. The molecule has 0 radical (unpaired) electrons. The second-order valence-electron chi connectivity index (χ2n) is 5.96. The van der Waals surface area contributed by atoms with Crippen molar-refractivity contribution < 1.29 is 9.84 Å². The Hall–Kier alpha value is 0.1000. The first-order valence-electron chi connectivity index (χ1n) is 7.24. The van der Waals surface area contributed by atoms with Crippen LogP contribution in [0.15, 0.2) is 15.9 Å². The van der Waals surface area contributed by atoms with Gasteiger partial charge in [-0.1, -0.05) is 19.3 Å². The standard InChI is InChI=1S/C15H21BrO2S/c16-12-8-13(19-10-12)14(17)11-4-7-18-15(9-11)5-2-1-3-6-15/h8,10-11,14,17H,1-7,9H2. The van der Waals surface area contributed by atoms with Gasteiger partial charge in [-0.15, -0.1) is 11.3 Å². The molecule has 0 bridgehead atoms. The number of hydrogen-bond donors (Lipinski definition) is 1. The van der Waals surface area contributed by atoms with Crippen molar-refractivity contribution in [2.75, 3.05) is 6.61 Å². The Bertz CT molecular complexity index is 420. The van der Waals surface area contributed by atoms with Gasteiger partial charge in [0, 0.05) is 21.3 Å². The number of aliphatic hydroxyl groups excluding tert-OH is 1. The summed E-state index contributed by atoms with van der Waals surface area (Å²) in [6.45, 7) is 0.814. The van der Waals surface area contributed by atoms with Crippen LogP contribution in [0.1, 0.15) is 55.9 Å². The molecule has 0 aromatic carbocycles. The molecule has 3 rings (SSSR count). The van der Waals surface area contributed by atoms with Crippen molar-refractivity contribution in [2.24, 2.45) is 5.92 Å². The average Bonchev–Trinajstić information content (AvgIpc) is 2.85. The molecule has 1 saturated heterocycles. The summed E-state index contributed by atoms with van der Waals surface area (Å²) in [6.07, 6.45) is 7.98. The van der Waals surface area contributed by atoms with E-state index in [1.165, 1.54) is 32.1 Å². The summed E-state index contributed by atoms with van der Waals surface area (Å²) in [7, 11) is 0. The predicted molar refractivity (Wildman–Crippen MR) is 81.5 cm³/mol. The van der Waals surface area contributed by atoms with E-state index in [-0.39, 0.29) is 11.7 Å². The quantitative estimate of drug-likeness (QED) is 0.844. The maximum Gasteiger partial charge on any atom is 0.0912 e. The van der Waals surface area contributed by atoms with Gasteiger partial charge < -0.3 is 9.84 Å². The van der Waals surface area contributed by atoms with Crippen LogP contribution in [0.5, 0.6) is 0 Å². The van der Waals surface area contributed by atoms with Gasteiger partial charge >= 0.3 is 0 Å². The molecule has 1 N–H and O–H groups in total. The van der Waals surface area contributed by atoms with Crippen LogP contribution in [-0.2, 0) is 4.74 Å². The Morgan fingerprint density at radius 2 is 2.16 bits per heavy atom. The molecule has 2 nitrogen and oxygen atoms in total. The van der Waals surface area contributed by atoms with Crippen LogP contribution in [0.25, 0.3) is 0 Å². The molecule has 1 saturated carbocycles. The van der Waals surface area contributed by atoms with Gasteiger partial charge in [0.15, 0.2) is 0 Å². The summed E-state index contributed by atoms with van der Waals surface area (Å²) in [5.74, 6) is 0.359. The lowest BCUT2D eigenvalue weighted by Crippen LogP contribution is -2.42. The molecule has 0 amide bonds. The molecule has 2 heterocycles. The van der Waals surface area contributed by atoms with E-state index in [0.29, 0.717) is 5.92 Å². The van der Waals surface area contributed by atoms with Crippen LogP contribution in [0, 0.1) is 5.92 Å². The molecule has 1 aliphatic carbocycles. The smallest absolute Gasteiger partial charge is 0.0912 e. The first kappa shape index (κ1) is 14.1. The Morgan fingerprint density at radius 1 is 1.37 bits per heavy atom. The van der Waals surface area contributed by atoms with Crippen molar-refractivity contribution in [3.05, 3.63) is 20.8 Å². The third-order valence-electron chi connectivity index (χ3n) is 4.62. The normalized spacial score (nSPS) is 28.4. The molecule has 1 spiro atoms. The van der Waals surface area contributed by atoms with Gasteiger partial charge in [0.05, 0.1) is 11.7 Å². The topological polar surface area (TPSA) is 29.5 Å². The highest BCUT2D eigenvalue weighted by molar-refractivity contribution is 9.10. The zero-order valence-corrected chi connectivity index (χ0v) is 13.5. The number of ether oxygens (including phenoxy) is 1. The minimum atomic E-state index is -0.320. The first-order chi connectivity index (χ1) is 9.19. The van der Waals surface area contributed by atoms with Gasteiger partial charge in [-0.25, -0.2) is 0 Å². The van der Waals surface area contributed by atoms with Crippen molar-refractivity contribution >= 4 is 27.3 Å². The highest BCUT2D eigenvalue weighted by Crippen LogP contribution is 2.45. The fourth-order valence-corrected chi connectivity index (χ4v) is 5.12. The number of aliphatic hydroxyl groups is 1. The molecule has 106 valence electrons. The van der Waals surface area contributed by atoms with E-state index in [1.54, 1.807) is 11.3 Å². The minimum absolute atomic E-state index is 0.0800. The van der Waals surface area contributed by atoms with Crippen molar-refractivity contribution in [2.45, 2.75) is 56.7 Å². The monoisotopic (exact) mass is 344 g/mol. The van der Waals surface area contributed by atoms with E-state index in [0.717, 1.165) is 28.8 Å². The van der Waals surface area contributed by atoms with E-state index < -0.39 is 0 Å². The molecule has 19 heavy (non-hydrogen) atoms. The number of hydrogen-bond acceptors (Lipinski definition) is 3. The highest BCUT2D eigenvalue weighted by atomic mass is 79.9. The van der Waals surface area contributed by atoms with E-state index in [9.17, 15) is 5.11 Å². The van der Waals surface area contributed by atoms with Gasteiger partial charge in [-0.05, 0) is 53.6 Å². The van der Waals surface area contributed by atoms with E-state index in [4.69, 9.17) is 4.74 Å². The van der Waals surface area contributed by atoms with Crippen LogP contribution < -0.4 is 0 Å². The molecular formula is C15H21BrO2S. The number of thiophene rings is 1. The molecule has 4 heteroatoms.